The molecule has 0 fully saturated rings. The van der Waals surface area contributed by atoms with E-state index in [9.17, 15) is 9.59 Å². The van der Waals surface area contributed by atoms with Crippen LogP contribution in [0.4, 0.5) is 5.69 Å². The van der Waals surface area contributed by atoms with E-state index in [1.807, 2.05) is 0 Å². The van der Waals surface area contributed by atoms with Crippen molar-refractivity contribution in [2.45, 2.75) is 13.0 Å². The summed E-state index contributed by atoms with van der Waals surface area (Å²) in [6.45, 7) is 1.56. The first-order valence-corrected chi connectivity index (χ1v) is 7.83. The van der Waals surface area contributed by atoms with Gasteiger partial charge in [-0.3, -0.25) is 9.59 Å². The quantitative estimate of drug-likeness (QED) is 0.775. The Hall–Kier alpha value is -2.44. The van der Waals surface area contributed by atoms with E-state index in [1.165, 1.54) is 6.07 Å². The average molecular weight is 363 g/mol. The Morgan fingerprint density at radius 1 is 1.21 bits per heavy atom. The van der Waals surface area contributed by atoms with Gasteiger partial charge < -0.3 is 5.32 Å². The fourth-order valence-corrected chi connectivity index (χ4v) is 2.65. The van der Waals surface area contributed by atoms with Crippen molar-refractivity contribution < 1.29 is 4.79 Å². The first kappa shape index (κ1) is 16.4. The van der Waals surface area contributed by atoms with Crippen LogP contribution in [0.3, 0.4) is 0 Å². The van der Waals surface area contributed by atoms with Crippen LogP contribution in [0, 0.1) is 0 Å². The number of hydrogen-bond acceptors (Lipinski definition) is 4. The highest BCUT2D eigenvalue weighted by molar-refractivity contribution is 6.36. The van der Waals surface area contributed by atoms with Crippen molar-refractivity contribution in [3.63, 3.8) is 0 Å². The van der Waals surface area contributed by atoms with E-state index in [2.05, 4.69) is 15.6 Å². The zero-order valence-electron chi connectivity index (χ0n) is 12.5. The first-order valence-electron chi connectivity index (χ1n) is 7.07. The number of carbonyl (C=O) groups is 1. The van der Waals surface area contributed by atoms with Gasteiger partial charge in [-0.25, -0.2) is 0 Å². The molecule has 1 N–H and O–H groups in total. The predicted octanol–water partition coefficient (Wildman–Crippen LogP) is 3.30. The van der Waals surface area contributed by atoms with Gasteiger partial charge in [-0.2, -0.15) is 4.68 Å². The van der Waals surface area contributed by atoms with E-state index >= 15 is 0 Å². The van der Waals surface area contributed by atoms with Gasteiger partial charge in [0.1, 0.15) is 11.6 Å². The van der Waals surface area contributed by atoms with Crippen LogP contribution in [-0.4, -0.2) is 20.9 Å². The van der Waals surface area contributed by atoms with Crippen molar-refractivity contribution in [1.82, 2.24) is 15.0 Å². The molecule has 0 bridgehead atoms. The molecule has 24 heavy (non-hydrogen) atoms. The van der Waals surface area contributed by atoms with Gasteiger partial charge in [-0.05, 0) is 37.3 Å². The molecule has 6 nitrogen and oxygen atoms in total. The number of nitrogens with zero attached hydrogens (tertiary/aromatic N) is 3. The molecule has 1 amide bonds. The van der Waals surface area contributed by atoms with Gasteiger partial charge in [-0.1, -0.05) is 40.5 Å². The predicted molar refractivity (Wildman–Crippen MR) is 93.6 cm³/mol. The summed E-state index contributed by atoms with van der Waals surface area (Å²) in [5.74, 6) is -0.439. The van der Waals surface area contributed by atoms with Crippen LogP contribution in [0.2, 0.25) is 10.0 Å². The Kier molecular flexibility index (Phi) is 4.51. The molecule has 1 heterocycles. The highest BCUT2D eigenvalue weighted by Gasteiger charge is 2.20. The van der Waals surface area contributed by atoms with Gasteiger partial charge in [-0.15, -0.1) is 5.10 Å². The van der Waals surface area contributed by atoms with E-state index in [1.54, 1.807) is 43.3 Å². The lowest BCUT2D eigenvalue weighted by atomic mass is 10.2. The van der Waals surface area contributed by atoms with Crippen LogP contribution < -0.4 is 10.9 Å². The molecule has 1 atom stereocenters. The molecule has 3 rings (SSSR count). The molecule has 0 aliphatic rings. The molecule has 0 radical (unpaired) electrons. The first-order chi connectivity index (χ1) is 11.5. The van der Waals surface area contributed by atoms with Crippen molar-refractivity contribution in [3.05, 3.63) is 62.9 Å². The monoisotopic (exact) mass is 362 g/mol. The summed E-state index contributed by atoms with van der Waals surface area (Å²) < 4.78 is 1.04. The molecule has 3 aromatic rings. The number of aromatic nitrogens is 3. The molecular formula is C16H12Cl2N4O2. The van der Waals surface area contributed by atoms with Crippen LogP contribution in [0.25, 0.3) is 10.9 Å². The van der Waals surface area contributed by atoms with Crippen molar-refractivity contribution in [2.24, 2.45) is 0 Å². The average Bonchev–Trinajstić information content (AvgIpc) is 2.57. The van der Waals surface area contributed by atoms with Gasteiger partial charge in [0.2, 0.25) is 5.91 Å². The number of hydrogen-bond donors (Lipinski definition) is 1. The molecule has 2 aromatic carbocycles. The Bertz CT molecular complexity index is 987. The van der Waals surface area contributed by atoms with Crippen molar-refractivity contribution in [2.75, 3.05) is 5.32 Å². The Morgan fingerprint density at radius 2 is 1.96 bits per heavy atom. The summed E-state index contributed by atoms with van der Waals surface area (Å²) in [5, 5.41) is 11.6. The third-order valence-corrected chi connectivity index (χ3v) is 4.07. The highest BCUT2D eigenvalue weighted by Crippen LogP contribution is 2.26. The number of rotatable bonds is 3. The second kappa shape index (κ2) is 6.59. The summed E-state index contributed by atoms with van der Waals surface area (Å²) in [4.78, 5) is 24.9. The van der Waals surface area contributed by atoms with Gasteiger partial charge in [0.15, 0.2) is 0 Å². The van der Waals surface area contributed by atoms with Crippen LogP contribution in [0.15, 0.2) is 47.3 Å². The zero-order chi connectivity index (χ0) is 17.3. The molecule has 0 saturated carbocycles. The van der Waals surface area contributed by atoms with Crippen molar-refractivity contribution in [3.8, 4) is 0 Å². The Morgan fingerprint density at radius 3 is 2.71 bits per heavy atom. The van der Waals surface area contributed by atoms with E-state index < -0.39 is 11.9 Å². The minimum absolute atomic E-state index is 0.306. The molecular weight excluding hydrogens is 351 g/mol. The second-order valence-corrected chi connectivity index (χ2v) is 5.99. The van der Waals surface area contributed by atoms with Gasteiger partial charge in [0, 0.05) is 5.02 Å². The van der Waals surface area contributed by atoms with Gasteiger partial charge in [0.05, 0.1) is 16.1 Å². The summed E-state index contributed by atoms with van der Waals surface area (Å²) in [6.07, 6.45) is 0. The smallest absolute Gasteiger partial charge is 0.278 e. The molecule has 0 spiro atoms. The molecule has 1 unspecified atom stereocenters. The van der Waals surface area contributed by atoms with Crippen LogP contribution in [0.5, 0.6) is 0 Å². The third kappa shape index (κ3) is 3.11. The van der Waals surface area contributed by atoms with Gasteiger partial charge in [0.25, 0.3) is 5.56 Å². The SMILES string of the molecule is CC(C(=O)Nc1ccc(Cl)cc1Cl)n1nnc2ccccc2c1=O. The minimum atomic E-state index is -0.860. The maximum Gasteiger partial charge on any atom is 0.278 e. The number of nitrogens with one attached hydrogen (secondary N) is 1. The topological polar surface area (TPSA) is 76.9 Å². The van der Waals surface area contributed by atoms with Crippen LogP contribution >= 0.6 is 23.2 Å². The molecule has 122 valence electrons. The minimum Gasteiger partial charge on any atom is -0.323 e. The fourth-order valence-electron chi connectivity index (χ4n) is 2.19. The second-order valence-electron chi connectivity index (χ2n) is 5.15. The summed E-state index contributed by atoms with van der Waals surface area (Å²) in [7, 11) is 0. The molecule has 0 saturated heterocycles. The summed E-state index contributed by atoms with van der Waals surface area (Å²) >= 11 is 11.9. The van der Waals surface area contributed by atoms with Crippen LogP contribution in [0.1, 0.15) is 13.0 Å². The number of carbonyl (C=O) groups excluding carboxylic acids is 1. The van der Waals surface area contributed by atoms with Crippen molar-refractivity contribution in [1.29, 1.82) is 0 Å². The van der Waals surface area contributed by atoms with Crippen molar-refractivity contribution >= 4 is 45.7 Å². The zero-order valence-corrected chi connectivity index (χ0v) is 14.0. The van der Waals surface area contributed by atoms with Crippen LogP contribution in [-0.2, 0) is 4.79 Å². The highest BCUT2D eigenvalue weighted by atomic mass is 35.5. The molecule has 0 aliphatic carbocycles. The van der Waals surface area contributed by atoms with E-state index in [-0.39, 0.29) is 5.56 Å². The Balaban J connectivity index is 1.91. The lowest BCUT2D eigenvalue weighted by molar-refractivity contribution is -0.119. The normalized spacial score (nSPS) is 12.1. The largest absolute Gasteiger partial charge is 0.323 e. The van der Waals surface area contributed by atoms with E-state index in [0.29, 0.717) is 26.6 Å². The lowest BCUT2D eigenvalue weighted by Crippen LogP contribution is -2.34. The third-order valence-electron chi connectivity index (χ3n) is 3.53. The summed E-state index contributed by atoms with van der Waals surface area (Å²) in [5.41, 5.74) is 0.497. The Labute approximate surface area is 147 Å². The lowest BCUT2D eigenvalue weighted by Gasteiger charge is -2.14. The molecule has 1 aromatic heterocycles. The standard InChI is InChI=1S/C16H12Cl2N4O2/c1-9(15(23)19-14-7-6-10(17)8-12(14)18)22-16(24)11-4-2-3-5-13(11)20-21-22/h2-9H,1H3,(H,19,23). The number of benzene rings is 2. The maximum absolute atomic E-state index is 12.5. The number of fused-ring (bicyclic) bond motifs is 1. The fraction of sp³-hybridized carbons (Fsp3) is 0.125. The van der Waals surface area contributed by atoms with Gasteiger partial charge >= 0.3 is 0 Å². The van der Waals surface area contributed by atoms with E-state index in [4.69, 9.17) is 23.2 Å². The number of amides is 1. The number of anilines is 1. The number of halogens is 2. The molecule has 8 heteroatoms. The summed E-state index contributed by atoms with van der Waals surface area (Å²) in [6, 6.07) is 10.7. The molecule has 0 aliphatic heterocycles. The maximum atomic E-state index is 12.5. The van der Waals surface area contributed by atoms with E-state index in [0.717, 1.165) is 4.68 Å².